The molecule has 0 spiro atoms. The smallest absolute Gasteiger partial charge is 0.232 e. The predicted octanol–water partition coefficient (Wildman–Crippen LogP) is 2.02. The molecule has 0 aromatic heterocycles. The number of rotatable bonds is 6. The van der Waals surface area contributed by atoms with Crippen molar-refractivity contribution in [3.63, 3.8) is 0 Å². The van der Waals surface area contributed by atoms with Crippen molar-refractivity contribution < 1.29 is 13.2 Å². The summed E-state index contributed by atoms with van der Waals surface area (Å²) in [6.07, 6.45) is 1.48. The predicted molar refractivity (Wildman–Crippen MR) is 77.1 cm³/mol. The van der Waals surface area contributed by atoms with Crippen molar-refractivity contribution in [1.82, 2.24) is 0 Å². The SMILES string of the molecule is CS(=O)(=O)N(CCCC(N)=O)c1cc(Cl)ccc1Cl. The maximum Gasteiger partial charge on any atom is 0.232 e. The molecule has 0 radical (unpaired) electrons. The van der Waals surface area contributed by atoms with Gasteiger partial charge in [-0.25, -0.2) is 8.42 Å². The van der Waals surface area contributed by atoms with Gasteiger partial charge in [0, 0.05) is 18.0 Å². The zero-order chi connectivity index (χ0) is 14.6. The average molecular weight is 325 g/mol. The number of amides is 1. The third kappa shape index (κ3) is 4.89. The van der Waals surface area contributed by atoms with Crippen LogP contribution in [-0.4, -0.2) is 27.1 Å². The summed E-state index contributed by atoms with van der Waals surface area (Å²) >= 11 is 11.8. The molecule has 0 bridgehead atoms. The lowest BCUT2D eigenvalue weighted by molar-refractivity contribution is -0.118. The molecule has 19 heavy (non-hydrogen) atoms. The first kappa shape index (κ1) is 16.1. The molecule has 0 saturated carbocycles. The van der Waals surface area contributed by atoms with Gasteiger partial charge in [-0.1, -0.05) is 23.2 Å². The van der Waals surface area contributed by atoms with E-state index in [0.29, 0.717) is 17.1 Å². The Bertz CT molecular complexity index is 575. The number of benzene rings is 1. The van der Waals surface area contributed by atoms with Crippen molar-refractivity contribution in [1.29, 1.82) is 0 Å². The molecular formula is C11H14Cl2N2O3S. The van der Waals surface area contributed by atoms with E-state index in [0.717, 1.165) is 10.6 Å². The molecule has 106 valence electrons. The highest BCUT2D eigenvalue weighted by atomic mass is 35.5. The fraction of sp³-hybridized carbons (Fsp3) is 0.364. The molecule has 1 amide bonds. The molecule has 0 atom stereocenters. The van der Waals surface area contributed by atoms with Gasteiger partial charge in [0.05, 0.1) is 17.0 Å². The Morgan fingerprint density at radius 2 is 2.00 bits per heavy atom. The Morgan fingerprint density at radius 3 is 2.53 bits per heavy atom. The maximum atomic E-state index is 11.8. The van der Waals surface area contributed by atoms with Gasteiger partial charge in [-0.3, -0.25) is 9.10 Å². The minimum atomic E-state index is -3.52. The first-order valence-corrected chi connectivity index (χ1v) is 8.03. The number of primary amides is 1. The molecule has 5 nitrogen and oxygen atoms in total. The normalized spacial score (nSPS) is 11.3. The molecule has 0 aliphatic heterocycles. The second-order valence-electron chi connectivity index (χ2n) is 4.00. The Balaban J connectivity index is 3.04. The van der Waals surface area contributed by atoms with Gasteiger partial charge in [-0.2, -0.15) is 0 Å². The molecule has 8 heteroatoms. The van der Waals surface area contributed by atoms with E-state index in [-0.39, 0.29) is 18.0 Å². The van der Waals surface area contributed by atoms with Crippen LogP contribution in [0, 0.1) is 0 Å². The molecule has 1 rings (SSSR count). The summed E-state index contributed by atoms with van der Waals surface area (Å²) in [5.41, 5.74) is 5.32. The van der Waals surface area contributed by atoms with E-state index in [1.807, 2.05) is 0 Å². The topological polar surface area (TPSA) is 80.5 Å². The molecule has 2 N–H and O–H groups in total. The third-order valence-electron chi connectivity index (χ3n) is 2.36. The lowest BCUT2D eigenvalue weighted by Crippen LogP contribution is -2.31. The minimum absolute atomic E-state index is 0.101. The number of halogens is 2. The average Bonchev–Trinajstić information content (AvgIpc) is 2.26. The fourth-order valence-electron chi connectivity index (χ4n) is 1.54. The lowest BCUT2D eigenvalue weighted by atomic mass is 10.2. The van der Waals surface area contributed by atoms with Crippen LogP contribution in [0.25, 0.3) is 0 Å². The van der Waals surface area contributed by atoms with Gasteiger partial charge in [-0.15, -0.1) is 0 Å². The molecule has 0 aliphatic rings. The summed E-state index contributed by atoms with van der Waals surface area (Å²) in [4.78, 5) is 10.7. The minimum Gasteiger partial charge on any atom is -0.370 e. The summed E-state index contributed by atoms with van der Waals surface area (Å²) in [6, 6.07) is 4.55. The van der Waals surface area contributed by atoms with Crippen molar-refractivity contribution in [2.45, 2.75) is 12.8 Å². The van der Waals surface area contributed by atoms with Crippen LogP contribution in [0.1, 0.15) is 12.8 Å². The van der Waals surface area contributed by atoms with Crippen molar-refractivity contribution in [3.8, 4) is 0 Å². The number of carbonyl (C=O) groups excluding carboxylic acids is 1. The second-order valence-corrected chi connectivity index (χ2v) is 6.75. The highest BCUT2D eigenvalue weighted by molar-refractivity contribution is 7.92. The van der Waals surface area contributed by atoms with E-state index in [4.69, 9.17) is 28.9 Å². The largest absolute Gasteiger partial charge is 0.370 e. The number of nitrogens with zero attached hydrogens (tertiary/aromatic N) is 1. The van der Waals surface area contributed by atoms with E-state index >= 15 is 0 Å². The van der Waals surface area contributed by atoms with Crippen LogP contribution in [0.5, 0.6) is 0 Å². The molecule has 1 aromatic rings. The second kappa shape index (κ2) is 6.45. The first-order valence-electron chi connectivity index (χ1n) is 5.43. The van der Waals surface area contributed by atoms with Crippen molar-refractivity contribution in [2.75, 3.05) is 17.1 Å². The number of hydrogen-bond donors (Lipinski definition) is 1. The first-order chi connectivity index (χ1) is 8.71. The van der Waals surface area contributed by atoms with E-state index < -0.39 is 15.9 Å². The number of carbonyl (C=O) groups is 1. The van der Waals surface area contributed by atoms with Gasteiger partial charge in [-0.05, 0) is 24.6 Å². The van der Waals surface area contributed by atoms with Crippen molar-refractivity contribution >= 4 is 44.8 Å². The van der Waals surface area contributed by atoms with Crippen molar-refractivity contribution in [2.24, 2.45) is 5.73 Å². The van der Waals surface area contributed by atoms with Crippen LogP contribution >= 0.6 is 23.2 Å². The van der Waals surface area contributed by atoms with Gasteiger partial charge in [0.15, 0.2) is 0 Å². The number of anilines is 1. The highest BCUT2D eigenvalue weighted by Crippen LogP contribution is 2.30. The fourth-order valence-corrected chi connectivity index (χ4v) is 2.94. The highest BCUT2D eigenvalue weighted by Gasteiger charge is 2.20. The number of nitrogens with two attached hydrogens (primary N) is 1. The summed E-state index contributed by atoms with van der Waals surface area (Å²) in [7, 11) is -3.52. The molecule has 0 aliphatic carbocycles. The van der Waals surface area contributed by atoms with Crippen LogP contribution in [-0.2, 0) is 14.8 Å². The monoisotopic (exact) mass is 324 g/mol. The zero-order valence-corrected chi connectivity index (χ0v) is 12.6. The number of sulfonamides is 1. The maximum absolute atomic E-state index is 11.8. The van der Waals surface area contributed by atoms with Crippen LogP contribution in [0.2, 0.25) is 10.0 Å². The molecule has 0 unspecified atom stereocenters. The van der Waals surface area contributed by atoms with Gasteiger partial charge in [0.2, 0.25) is 15.9 Å². The van der Waals surface area contributed by atoms with Gasteiger partial charge in [0.25, 0.3) is 0 Å². The van der Waals surface area contributed by atoms with E-state index in [1.165, 1.54) is 12.1 Å². The van der Waals surface area contributed by atoms with Gasteiger partial charge in [0.1, 0.15) is 0 Å². The zero-order valence-electron chi connectivity index (χ0n) is 10.3. The summed E-state index contributed by atoms with van der Waals surface area (Å²) < 4.78 is 24.7. The van der Waals surface area contributed by atoms with Crippen LogP contribution in [0.4, 0.5) is 5.69 Å². The quantitative estimate of drug-likeness (QED) is 0.869. The number of hydrogen-bond acceptors (Lipinski definition) is 3. The molecular weight excluding hydrogens is 311 g/mol. The molecule has 0 heterocycles. The summed E-state index contributed by atoms with van der Waals surface area (Å²) in [5.74, 6) is -0.481. The van der Waals surface area contributed by atoms with E-state index in [9.17, 15) is 13.2 Å². The Kier molecular flexibility index (Phi) is 5.46. The van der Waals surface area contributed by atoms with Gasteiger partial charge < -0.3 is 5.73 Å². The summed E-state index contributed by atoms with van der Waals surface area (Å²) in [5, 5.41) is 0.650. The van der Waals surface area contributed by atoms with Crippen LogP contribution in [0.15, 0.2) is 18.2 Å². The third-order valence-corrected chi connectivity index (χ3v) is 4.10. The molecule has 1 aromatic carbocycles. The van der Waals surface area contributed by atoms with E-state index in [1.54, 1.807) is 6.07 Å². The molecule has 0 fully saturated rings. The Labute approximate surface area is 122 Å². The summed E-state index contributed by atoms with van der Waals surface area (Å²) in [6.45, 7) is 0.113. The van der Waals surface area contributed by atoms with Crippen molar-refractivity contribution in [3.05, 3.63) is 28.2 Å². The van der Waals surface area contributed by atoms with E-state index in [2.05, 4.69) is 0 Å². The lowest BCUT2D eigenvalue weighted by Gasteiger charge is -2.23. The molecule has 0 saturated heterocycles. The Hall–Kier alpha value is -0.980. The van der Waals surface area contributed by atoms with Crippen LogP contribution in [0.3, 0.4) is 0 Å². The van der Waals surface area contributed by atoms with Gasteiger partial charge >= 0.3 is 0 Å². The standard InChI is InChI=1S/C11H14Cl2N2O3S/c1-19(17,18)15(6-2-3-11(14)16)10-7-8(12)4-5-9(10)13/h4-5,7H,2-3,6H2,1H3,(H2,14,16). The van der Waals surface area contributed by atoms with Crippen LogP contribution < -0.4 is 10.0 Å². The Morgan fingerprint density at radius 1 is 1.37 bits per heavy atom.